The molecule has 2 heterocycles. The van der Waals surface area contributed by atoms with Gasteiger partial charge in [-0.2, -0.15) is 0 Å². The molecule has 2 amide bonds. The number of carbonyl (C=O) groups is 2. The van der Waals surface area contributed by atoms with Crippen molar-refractivity contribution in [2.24, 2.45) is 11.3 Å². The van der Waals surface area contributed by atoms with Crippen LogP contribution in [0, 0.1) is 23.0 Å². The number of cyclic esters (lactones) is 1. The molecule has 11 heteroatoms. The molecule has 2 aliphatic rings. The van der Waals surface area contributed by atoms with Crippen molar-refractivity contribution in [1.29, 1.82) is 0 Å². The molecule has 6 rings (SSSR count). The van der Waals surface area contributed by atoms with E-state index in [0.717, 1.165) is 11.1 Å². The number of hydrogen-bond acceptors (Lipinski definition) is 7. The summed E-state index contributed by atoms with van der Waals surface area (Å²) in [7, 11) is -2.16. The average Bonchev–Trinajstić information content (AvgIpc) is 3.54. The van der Waals surface area contributed by atoms with E-state index in [-0.39, 0.29) is 29.9 Å². The zero-order valence-electron chi connectivity index (χ0n) is 32.7. The molecule has 0 unspecified atom stereocenters. The van der Waals surface area contributed by atoms with Crippen LogP contribution in [0.1, 0.15) is 76.2 Å². The fourth-order valence-electron chi connectivity index (χ4n) is 6.74. The SMILES string of the molecule is CC1(C)COC(CC[C@@H](C(=O)N2C(=O)OC[C@@H]2c2ccccc2)[C@H](Nc2ccc(F)cc2)c2ccc(O[Si](C)(C)C(C)(C)C)cc2)(c2ccc(F)cc2)OC1. The van der Waals surface area contributed by atoms with Crippen LogP contribution >= 0.6 is 0 Å². The molecular formula is C44H52F2N2O6Si. The third-order valence-corrected chi connectivity index (χ3v) is 15.4. The van der Waals surface area contributed by atoms with Gasteiger partial charge in [0.25, 0.3) is 0 Å². The van der Waals surface area contributed by atoms with Gasteiger partial charge in [0.2, 0.25) is 14.2 Å². The van der Waals surface area contributed by atoms with E-state index >= 15 is 4.79 Å². The molecule has 0 saturated carbocycles. The highest BCUT2D eigenvalue weighted by Crippen LogP contribution is 2.44. The Hall–Kier alpha value is -4.58. The number of halogens is 2. The Morgan fingerprint density at radius 1 is 0.891 bits per heavy atom. The Morgan fingerprint density at radius 2 is 1.47 bits per heavy atom. The van der Waals surface area contributed by atoms with Crippen molar-refractivity contribution < 1.29 is 37.0 Å². The Bertz CT molecular complexity index is 1920. The van der Waals surface area contributed by atoms with Gasteiger partial charge in [-0.1, -0.05) is 89.2 Å². The molecule has 0 aliphatic carbocycles. The molecule has 1 N–H and O–H groups in total. The summed E-state index contributed by atoms with van der Waals surface area (Å²) in [4.78, 5) is 29.9. The standard InChI is InChI=1S/C44H52F2N2O6Si/c1-42(2,3)55(6,7)54-36-23-13-31(14-24-36)39(47-35-21-19-34(46)20-22-35)37(40(49)48-38(27-51-41(48)50)30-11-9-8-10-12-30)25-26-44(32-15-17-33(45)18-16-32)52-28-43(4,5)29-53-44/h8-24,37-39,47H,25-29H2,1-7H3/t37-,38-,39-/m1/s1. The summed E-state index contributed by atoms with van der Waals surface area (Å²) >= 11 is 0. The van der Waals surface area contributed by atoms with Gasteiger partial charge in [0.1, 0.15) is 30.0 Å². The predicted molar refractivity (Wildman–Crippen MR) is 211 cm³/mol. The largest absolute Gasteiger partial charge is 0.544 e. The van der Waals surface area contributed by atoms with Gasteiger partial charge >= 0.3 is 6.09 Å². The summed E-state index contributed by atoms with van der Waals surface area (Å²) in [6, 6.07) is 27.6. The minimum atomic E-state index is -2.16. The second kappa shape index (κ2) is 15.9. The van der Waals surface area contributed by atoms with Crippen LogP contribution in [0.5, 0.6) is 5.75 Å². The van der Waals surface area contributed by atoms with Gasteiger partial charge in [0.05, 0.1) is 25.2 Å². The van der Waals surface area contributed by atoms with Gasteiger partial charge in [0, 0.05) is 23.1 Å². The molecule has 3 atom stereocenters. The summed E-state index contributed by atoms with van der Waals surface area (Å²) in [6.45, 7) is 15.7. The summed E-state index contributed by atoms with van der Waals surface area (Å²) in [5.41, 5.74) is 2.43. The zero-order valence-corrected chi connectivity index (χ0v) is 33.7. The molecule has 2 fully saturated rings. The molecule has 0 spiro atoms. The molecule has 55 heavy (non-hydrogen) atoms. The van der Waals surface area contributed by atoms with Crippen LogP contribution < -0.4 is 9.74 Å². The van der Waals surface area contributed by atoms with E-state index in [2.05, 4.69) is 39.2 Å². The quantitative estimate of drug-likeness (QED) is 0.144. The summed E-state index contributed by atoms with van der Waals surface area (Å²) in [5, 5.41) is 3.50. The van der Waals surface area contributed by atoms with Gasteiger partial charge in [-0.05, 0) is 84.2 Å². The van der Waals surface area contributed by atoms with E-state index in [1.54, 1.807) is 24.3 Å². The molecular weight excluding hydrogens is 719 g/mol. The number of hydrogen-bond donors (Lipinski definition) is 1. The Labute approximate surface area is 324 Å². The molecule has 0 bridgehead atoms. The van der Waals surface area contributed by atoms with Crippen LogP contribution in [-0.2, 0) is 24.8 Å². The highest BCUT2D eigenvalue weighted by molar-refractivity contribution is 6.74. The molecule has 4 aromatic carbocycles. The van der Waals surface area contributed by atoms with E-state index in [9.17, 15) is 13.6 Å². The topological polar surface area (TPSA) is 86.3 Å². The fourth-order valence-corrected chi connectivity index (χ4v) is 7.77. The fraction of sp³-hybridized carbons (Fsp3) is 0.409. The Morgan fingerprint density at radius 3 is 2.05 bits per heavy atom. The third kappa shape index (κ3) is 9.11. The van der Waals surface area contributed by atoms with E-state index in [1.807, 2.05) is 68.4 Å². The highest BCUT2D eigenvalue weighted by Gasteiger charge is 2.47. The molecule has 292 valence electrons. The first kappa shape index (κ1) is 40.1. The van der Waals surface area contributed by atoms with Crippen LogP contribution in [0.2, 0.25) is 18.1 Å². The number of benzene rings is 4. The van der Waals surface area contributed by atoms with E-state index < -0.39 is 55.7 Å². The van der Waals surface area contributed by atoms with Crippen molar-refractivity contribution >= 4 is 26.0 Å². The van der Waals surface area contributed by atoms with Crippen molar-refractivity contribution in [3.8, 4) is 5.75 Å². The maximum absolute atomic E-state index is 15.2. The lowest BCUT2D eigenvalue weighted by Gasteiger charge is -2.44. The van der Waals surface area contributed by atoms with Crippen molar-refractivity contribution in [2.45, 2.75) is 83.5 Å². The van der Waals surface area contributed by atoms with Crippen LogP contribution in [0.25, 0.3) is 0 Å². The highest BCUT2D eigenvalue weighted by atomic mass is 28.4. The number of nitrogens with zero attached hydrogens (tertiary/aromatic N) is 1. The molecule has 0 radical (unpaired) electrons. The van der Waals surface area contributed by atoms with Gasteiger partial charge in [-0.3, -0.25) is 4.79 Å². The van der Waals surface area contributed by atoms with Crippen molar-refractivity contribution in [2.75, 3.05) is 25.1 Å². The second-order valence-corrected chi connectivity index (χ2v) is 21.6. The lowest BCUT2D eigenvalue weighted by Crippen LogP contribution is -2.47. The number of imide groups is 1. The normalized spacial score (nSPS) is 19.3. The smallest absolute Gasteiger partial charge is 0.417 e. The van der Waals surface area contributed by atoms with Gasteiger partial charge in [-0.15, -0.1) is 0 Å². The molecule has 2 aliphatic heterocycles. The first-order valence-electron chi connectivity index (χ1n) is 18.9. The first-order valence-corrected chi connectivity index (χ1v) is 21.8. The lowest BCUT2D eigenvalue weighted by molar-refractivity contribution is -0.312. The van der Waals surface area contributed by atoms with Crippen molar-refractivity contribution in [3.05, 3.63) is 131 Å². The van der Waals surface area contributed by atoms with Crippen LogP contribution in [0.4, 0.5) is 19.3 Å². The second-order valence-electron chi connectivity index (χ2n) is 16.9. The van der Waals surface area contributed by atoms with Gasteiger partial charge < -0.3 is 24.0 Å². The maximum atomic E-state index is 15.2. The first-order chi connectivity index (χ1) is 26.0. The van der Waals surface area contributed by atoms with E-state index in [1.165, 1.54) is 29.2 Å². The van der Waals surface area contributed by atoms with Crippen LogP contribution in [0.15, 0.2) is 103 Å². The summed E-state index contributed by atoms with van der Waals surface area (Å²) < 4.78 is 53.6. The lowest BCUT2D eigenvalue weighted by atomic mass is 9.84. The Balaban J connectivity index is 1.44. The predicted octanol–water partition coefficient (Wildman–Crippen LogP) is 10.5. The van der Waals surface area contributed by atoms with Gasteiger partial charge in [0.15, 0.2) is 5.79 Å². The van der Waals surface area contributed by atoms with Gasteiger partial charge in [-0.25, -0.2) is 18.5 Å². The molecule has 2 saturated heterocycles. The number of ether oxygens (including phenoxy) is 3. The number of rotatable bonds is 12. The average molecular weight is 771 g/mol. The Kier molecular flexibility index (Phi) is 11.6. The summed E-state index contributed by atoms with van der Waals surface area (Å²) in [5.74, 6) is -2.74. The van der Waals surface area contributed by atoms with E-state index in [0.29, 0.717) is 30.2 Å². The summed E-state index contributed by atoms with van der Waals surface area (Å²) in [6.07, 6.45) is -0.371. The zero-order chi connectivity index (χ0) is 39.6. The molecule has 0 aromatic heterocycles. The minimum Gasteiger partial charge on any atom is -0.544 e. The third-order valence-electron chi connectivity index (χ3n) is 11.1. The number of carbonyl (C=O) groups excluding carboxylic acids is 2. The maximum Gasteiger partial charge on any atom is 0.417 e. The number of amides is 2. The van der Waals surface area contributed by atoms with Crippen molar-refractivity contribution in [3.63, 3.8) is 0 Å². The monoisotopic (exact) mass is 770 g/mol. The van der Waals surface area contributed by atoms with Crippen molar-refractivity contribution in [1.82, 2.24) is 4.90 Å². The number of nitrogens with one attached hydrogen (secondary N) is 1. The van der Waals surface area contributed by atoms with E-state index in [4.69, 9.17) is 18.6 Å². The molecule has 8 nitrogen and oxygen atoms in total. The number of anilines is 1. The minimum absolute atomic E-state index is 0.0116. The van der Waals surface area contributed by atoms with Crippen LogP contribution in [-0.4, -0.2) is 45.0 Å². The van der Waals surface area contributed by atoms with Crippen LogP contribution in [0.3, 0.4) is 0 Å². The molecule has 4 aromatic rings.